The lowest BCUT2D eigenvalue weighted by molar-refractivity contribution is 0.466. The number of aryl methyl sites for hydroxylation is 4. The molecule has 6 nitrogen and oxygen atoms in total. The molecule has 0 aliphatic rings. The zero-order chi connectivity index (χ0) is 36.4. The Morgan fingerprint density at radius 3 is 0.880 bits per heavy atom. The quantitative estimate of drug-likeness (QED) is 0.105. The van der Waals surface area contributed by atoms with Crippen molar-refractivity contribution in [3.8, 4) is 34.5 Å². The molecule has 6 aromatic rings. The van der Waals surface area contributed by atoms with Gasteiger partial charge in [-0.15, -0.1) is 0 Å². The minimum Gasteiger partial charge on any atom is -0.508 e. The second-order valence-corrected chi connectivity index (χ2v) is 12.7. The number of rotatable bonds is 6. The van der Waals surface area contributed by atoms with Crippen molar-refractivity contribution < 1.29 is 30.6 Å². The molecular formula is C44H46O6. The lowest BCUT2D eigenvalue weighted by Gasteiger charge is -2.12. The number of phenols is 6. The van der Waals surface area contributed by atoms with Crippen molar-refractivity contribution in [1.29, 1.82) is 0 Å². The first-order valence-electron chi connectivity index (χ1n) is 16.5. The van der Waals surface area contributed by atoms with Crippen molar-refractivity contribution in [2.24, 2.45) is 0 Å². The Balaban J connectivity index is 0.000000170. The fourth-order valence-corrected chi connectivity index (χ4v) is 5.71. The average molecular weight is 671 g/mol. The highest BCUT2D eigenvalue weighted by Crippen LogP contribution is 2.28. The van der Waals surface area contributed by atoms with Gasteiger partial charge in [-0.25, -0.2) is 0 Å². The molecule has 0 amide bonds. The minimum atomic E-state index is 0.251. The van der Waals surface area contributed by atoms with E-state index in [9.17, 15) is 20.4 Å². The van der Waals surface area contributed by atoms with Crippen LogP contribution in [0.3, 0.4) is 0 Å². The normalized spacial score (nSPS) is 10.5. The van der Waals surface area contributed by atoms with Crippen LogP contribution in [0.25, 0.3) is 0 Å². The van der Waals surface area contributed by atoms with Crippen molar-refractivity contribution in [2.75, 3.05) is 0 Å². The Morgan fingerprint density at radius 1 is 0.360 bits per heavy atom. The van der Waals surface area contributed by atoms with E-state index < -0.39 is 0 Å². The van der Waals surface area contributed by atoms with Crippen LogP contribution in [0.4, 0.5) is 0 Å². The van der Waals surface area contributed by atoms with E-state index in [0.29, 0.717) is 11.5 Å². The van der Waals surface area contributed by atoms with Gasteiger partial charge < -0.3 is 30.6 Å². The summed E-state index contributed by atoms with van der Waals surface area (Å²) in [7, 11) is 0. The van der Waals surface area contributed by atoms with E-state index in [0.717, 1.165) is 57.3 Å². The maximum absolute atomic E-state index is 9.79. The predicted molar refractivity (Wildman–Crippen MR) is 201 cm³/mol. The average Bonchev–Trinajstić information content (AvgIpc) is 3.09. The summed E-state index contributed by atoms with van der Waals surface area (Å²) >= 11 is 0. The van der Waals surface area contributed by atoms with Gasteiger partial charge in [0.25, 0.3) is 0 Å². The van der Waals surface area contributed by atoms with Gasteiger partial charge in [0.2, 0.25) is 0 Å². The van der Waals surface area contributed by atoms with E-state index in [1.807, 2.05) is 100 Å². The summed E-state index contributed by atoms with van der Waals surface area (Å²) in [6.45, 7) is 9.76. The van der Waals surface area contributed by atoms with Crippen LogP contribution >= 0.6 is 0 Å². The molecule has 258 valence electrons. The molecule has 6 N–H and O–H groups in total. The Hall–Kier alpha value is -5.88. The summed E-state index contributed by atoms with van der Waals surface area (Å²) < 4.78 is 0. The minimum absolute atomic E-state index is 0.251. The SMILES string of the molecule is CC(c1ccc(O)cc1)c1ccc(O)cc1.Cc1cc(Cc2cc(C)c(O)c(C)c2)cc(C)c1O.Oc1ccc(Cc2ccc(O)cc2)cc1. The van der Waals surface area contributed by atoms with Crippen LogP contribution in [0.5, 0.6) is 34.5 Å². The molecule has 0 radical (unpaired) electrons. The summed E-state index contributed by atoms with van der Waals surface area (Å²) in [6, 6.07) is 36.7. The lowest BCUT2D eigenvalue weighted by Crippen LogP contribution is -1.94. The van der Waals surface area contributed by atoms with E-state index in [4.69, 9.17) is 10.2 Å². The van der Waals surface area contributed by atoms with E-state index >= 15 is 0 Å². The molecule has 0 aromatic heterocycles. The fourth-order valence-electron chi connectivity index (χ4n) is 5.71. The van der Waals surface area contributed by atoms with E-state index in [1.165, 1.54) is 11.1 Å². The summed E-state index contributed by atoms with van der Waals surface area (Å²) in [4.78, 5) is 0. The molecular weight excluding hydrogens is 624 g/mol. The first kappa shape index (κ1) is 36.9. The van der Waals surface area contributed by atoms with Crippen molar-refractivity contribution in [2.45, 2.75) is 53.4 Å². The zero-order valence-electron chi connectivity index (χ0n) is 29.2. The monoisotopic (exact) mass is 670 g/mol. The third-order valence-electron chi connectivity index (χ3n) is 8.58. The van der Waals surface area contributed by atoms with Gasteiger partial charge in [-0.05, 0) is 145 Å². The predicted octanol–water partition coefficient (Wildman–Crippen LogP) is 9.86. The third-order valence-corrected chi connectivity index (χ3v) is 8.58. The molecule has 0 unspecified atom stereocenters. The molecule has 6 heteroatoms. The Bertz CT molecular complexity index is 1790. The Labute approximate surface area is 294 Å². The van der Waals surface area contributed by atoms with Gasteiger partial charge in [0.15, 0.2) is 0 Å². The maximum Gasteiger partial charge on any atom is 0.121 e. The molecule has 0 saturated carbocycles. The van der Waals surface area contributed by atoms with Crippen molar-refractivity contribution in [3.63, 3.8) is 0 Å². The molecule has 6 rings (SSSR count). The van der Waals surface area contributed by atoms with Gasteiger partial charge in [0.05, 0.1) is 0 Å². The number of aromatic hydroxyl groups is 6. The first-order valence-corrected chi connectivity index (χ1v) is 16.5. The van der Waals surface area contributed by atoms with Crippen molar-refractivity contribution in [1.82, 2.24) is 0 Å². The third kappa shape index (κ3) is 10.6. The van der Waals surface area contributed by atoms with Crippen LogP contribution in [-0.4, -0.2) is 30.6 Å². The number of hydrogen-bond donors (Lipinski definition) is 6. The summed E-state index contributed by atoms with van der Waals surface area (Å²) in [5.74, 6) is 2.13. The van der Waals surface area contributed by atoms with Crippen LogP contribution in [-0.2, 0) is 12.8 Å². The van der Waals surface area contributed by atoms with Gasteiger partial charge in [0, 0.05) is 5.92 Å². The topological polar surface area (TPSA) is 121 Å². The van der Waals surface area contributed by atoms with Gasteiger partial charge >= 0.3 is 0 Å². The second-order valence-electron chi connectivity index (χ2n) is 12.7. The van der Waals surface area contributed by atoms with Crippen molar-refractivity contribution in [3.05, 3.63) is 177 Å². The largest absolute Gasteiger partial charge is 0.508 e. The lowest BCUT2D eigenvalue weighted by atomic mass is 9.93. The van der Waals surface area contributed by atoms with Crippen LogP contribution in [0.2, 0.25) is 0 Å². The number of phenolic OH excluding ortho intramolecular Hbond substituents is 6. The molecule has 0 aliphatic heterocycles. The summed E-state index contributed by atoms with van der Waals surface area (Å²) in [5.41, 5.74) is 10.5. The molecule has 0 saturated heterocycles. The molecule has 6 aromatic carbocycles. The van der Waals surface area contributed by atoms with Gasteiger partial charge in [-0.2, -0.15) is 0 Å². The van der Waals surface area contributed by atoms with E-state index in [1.54, 1.807) is 48.5 Å². The van der Waals surface area contributed by atoms with Gasteiger partial charge in [-0.3, -0.25) is 0 Å². The Kier molecular flexibility index (Phi) is 12.5. The highest BCUT2D eigenvalue weighted by Gasteiger charge is 2.09. The fraction of sp³-hybridized carbons (Fsp3) is 0.182. The molecule has 50 heavy (non-hydrogen) atoms. The first-order chi connectivity index (χ1) is 23.8. The van der Waals surface area contributed by atoms with Crippen LogP contribution < -0.4 is 0 Å². The standard InChI is InChI=1S/C17H20O2.C14H14O2.C13H12O2/c1-10-5-14(6-11(2)16(10)18)9-15-7-12(3)17(19)13(4)8-15;1-10(11-2-6-13(15)7-3-11)12-4-8-14(16)9-5-12;14-12-5-1-10(2-6-12)9-11-3-7-13(15)8-4-11/h5-8,18-19H,9H2,1-4H3;2-10,15-16H,1H3;1-8,14-15H,9H2. The van der Waals surface area contributed by atoms with Crippen LogP contribution in [0.15, 0.2) is 121 Å². The molecule has 0 bridgehead atoms. The van der Waals surface area contributed by atoms with E-state index in [2.05, 4.69) is 6.92 Å². The summed E-state index contributed by atoms with van der Waals surface area (Å²) in [5, 5.41) is 56.3. The number of hydrogen-bond acceptors (Lipinski definition) is 6. The van der Waals surface area contributed by atoms with Crippen LogP contribution in [0.1, 0.15) is 68.5 Å². The highest BCUT2D eigenvalue weighted by molar-refractivity contribution is 5.47. The zero-order valence-corrected chi connectivity index (χ0v) is 29.2. The second kappa shape index (κ2) is 17.0. The smallest absolute Gasteiger partial charge is 0.121 e. The maximum atomic E-state index is 9.79. The van der Waals surface area contributed by atoms with Crippen LogP contribution in [0, 0.1) is 27.7 Å². The highest BCUT2D eigenvalue weighted by atomic mass is 16.3. The van der Waals surface area contributed by atoms with E-state index in [-0.39, 0.29) is 28.9 Å². The Morgan fingerprint density at radius 2 is 0.600 bits per heavy atom. The number of benzene rings is 6. The van der Waals surface area contributed by atoms with Gasteiger partial charge in [-0.1, -0.05) is 79.7 Å². The summed E-state index contributed by atoms with van der Waals surface area (Å²) in [6.07, 6.45) is 1.62. The molecule has 0 atom stereocenters. The molecule has 0 aliphatic carbocycles. The van der Waals surface area contributed by atoms with Gasteiger partial charge in [0.1, 0.15) is 34.5 Å². The molecule has 0 fully saturated rings. The molecule has 0 heterocycles. The molecule has 0 spiro atoms. The van der Waals surface area contributed by atoms with Crippen molar-refractivity contribution >= 4 is 0 Å².